The molecular formula is C7H7N3O5. The van der Waals surface area contributed by atoms with E-state index in [0.717, 1.165) is 0 Å². The van der Waals surface area contributed by atoms with Crippen LogP contribution in [0, 0.1) is 27.2 Å². The van der Waals surface area contributed by atoms with Gasteiger partial charge in [-0.05, 0) is 18.6 Å². The third-order valence-corrected chi connectivity index (χ3v) is 1.61. The summed E-state index contributed by atoms with van der Waals surface area (Å²) >= 11 is 0. The maximum atomic E-state index is 10.5. The molecule has 8 heteroatoms. The molecule has 1 aromatic rings. The highest BCUT2D eigenvalue weighted by Crippen LogP contribution is 2.19. The lowest BCUT2D eigenvalue weighted by Gasteiger charge is -2.11. The molecular weight excluding hydrogens is 206 g/mol. The molecule has 0 aliphatic carbocycles. The standard InChI is InChI=1S/C7H7N3O5/c1-6-4-2-3-5-7(6)8(9(11)12)15-10(13)14/h2-5H,1H3. The molecule has 0 spiro atoms. The summed E-state index contributed by atoms with van der Waals surface area (Å²) in [6.07, 6.45) is 0. The van der Waals surface area contributed by atoms with Crippen LogP contribution in [0.1, 0.15) is 5.56 Å². The molecule has 0 heterocycles. The Morgan fingerprint density at radius 1 is 1.27 bits per heavy atom. The average Bonchev–Trinajstić information content (AvgIpc) is 2.15. The fourth-order valence-electron chi connectivity index (χ4n) is 1.00. The normalized spacial score (nSPS) is 9.40. The molecule has 8 nitrogen and oxygen atoms in total. The van der Waals surface area contributed by atoms with E-state index in [9.17, 15) is 20.2 Å². The smallest absolute Gasteiger partial charge is 0.233 e. The highest BCUT2D eigenvalue weighted by molar-refractivity contribution is 5.48. The SMILES string of the molecule is Cc1ccccc1N(O[N+](=O)[O-])[N+](=O)[O-]. The molecule has 0 saturated heterocycles. The van der Waals surface area contributed by atoms with Gasteiger partial charge in [-0.2, -0.15) is 0 Å². The second-order valence-corrected chi connectivity index (χ2v) is 2.60. The fourth-order valence-corrected chi connectivity index (χ4v) is 1.00. The van der Waals surface area contributed by atoms with E-state index in [-0.39, 0.29) is 10.9 Å². The number of benzene rings is 1. The van der Waals surface area contributed by atoms with Crippen molar-refractivity contribution >= 4 is 5.69 Å². The van der Waals surface area contributed by atoms with Gasteiger partial charge in [0, 0.05) is 0 Å². The minimum atomic E-state index is -1.24. The Bertz CT molecular complexity index is 394. The third kappa shape index (κ3) is 2.53. The van der Waals surface area contributed by atoms with Crippen LogP contribution in [-0.2, 0) is 4.94 Å². The topological polar surface area (TPSA) is 98.8 Å². The molecule has 0 atom stereocenters. The van der Waals surface area contributed by atoms with E-state index in [2.05, 4.69) is 4.94 Å². The first-order valence-electron chi connectivity index (χ1n) is 3.85. The van der Waals surface area contributed by atoms with Crippen molar-refractivity contribution in [2.75, 3.05) is 5.17 Å². The van der Waals surface area contributed by atoms with Gasteiger partial charge in [-0.3, -0.25) is 0 Å². The molecule has 80 valence electrons. The van der Waals surface area contributed by atoms with Crippen LogP contribution in [0.25, 0.3) is 0 Å². The predicted octanol–water partition coefficient (Wildman–Crippen LogP) is 1.12. The van der Waals surface area contributed by atoms with Crippen LogP contribution >= 0.6 is 0 Å². The number of hydrogen-bond acceptors (Lipinski definition) is 5. The first kappa shape index (κ1) is 10.7. The van der Waals surface area contributed by atoms with E-state index < -0.39 is 10.1 Å². The van der Waals surface area contributed by atoms with Gasteiger partial charge in [0.05, 0.1) is 5.17 Å². The quantitative estimate of drug-likeness (QED) is 0.548. The van der Waals surface area contributed by atoms with Gasteiger partial charge in [0.2, 0.25) is 0 Å². The van der Waals surface area contributed by atoms with Gasteiger partial charge in [0.1, 0.15) is 5.69 Å². The number of hydrazine groups is 1. The monoisotopic (exact) mass is 213 g/mol. The molecule has 0 aromatic heterocycles. The van der Waals surface area contributed by atoms with Crippen molar-refractivity contribution in [2.45, 2.75) is 6.92 Å². The van der Waals surface area contributed by atoms with Gasteiger partial charge in [-0.1, -0.05) is 18.2 Å². The summed E-state index contributed by atoms with van der Waals surface area (Å²) in [6.45, 7) is 1.58. The molecule has 0 unspecified atom stereocenters. The highest BCUT2D eigenvalue weighted by atomic mass is 17.1. The van der Waals surface area contributed by atoms with Gasteiger partial charge < -0.3 is 0 Å². The van der Waals surface area contributed by atoms with Crippen LogP contribution in [0.5, 0.6) is 0 Å². The lowest BCUT2D eigenvalue weighted by molar-refractivity contribution is -0.812. The van der Waals surface area contributed by atoms with Crippen molar-refractivity contribution in [2.24, 2.45) is 0 Å². The summed E-state index contributed by atoms with van der Waals surface area (Å²) in [5.41, 5.74) is 0.509. The lowest BCUT2D eigenvalue weighted by atomic mass is 10.2. The van der Waals surface area contributed by atoms with Crippen LogP contribution < -0.4 is 5.17 Å². The zero-order valence-corrected chi connectivity index (χ0v) is 7.69. The van der Waals surface area contributed by atoms with E-state index >= 15 is 0 Å². The molecule has 0 amide bonds. The fraction of sp³-hybridized carbons (Fsp3) is 0.143. The van der Waals surface area contributed by atoms with Gasteiger partial charge in [-0.25, -0.2) is 10.1 Å². The van der Waals surface area contributed by atoms with Crippen LogP contribution in [0.4, 0.5) is 5.69 Å². The summed E-state index contributed by atoms with van der Waals surface area (Å²) in [6, 6.07) is 6.10. The zero-order chi connectivity index (χ0) is 11.4. The maximum absolute atomic E-state index is 10.5. The highest BCUT2D eigenvalue weighted by Gasteiger charge is 2.23. The lowest BCUT2D eigenvalue weighted by Crippen LogP contribution is -2.32. The van der Waals surface area contributed by atoms with Gasteiger partial charge in [0.15, 0.2) is 5.03 Å². The second-order valence-electron chi connectivity index (χ2n) is 2.60. The Balaban J connectivity index is 3.04. The first-order valence-corrected chi connectivity index (χ1v) is 3.85. The number of nitrogens with zero attached hydrogens (tertiary/aromatic N) is 3. The Hall–Kier alpha value is -2.38. The number of hydrogen-bond donors (Lipinski definition) is 0. The zero-order valence-electron chi connectivity index (χ0n) is 7.69. The Labute approximate surface area is 83.9 Å². The van der Waals surface area contributed by atoms with E-state index in [1.165, 1.54) is 12.1 Å². The number of aryl methyl sites for hydroxylation is 1. The molecule has 0 aliphatic heterocycles. The summed E-state index contributed by atoms with van der Waals surface area (Å²) in [5.74, 6) is 0. The molecule has 1 aromatic carbocycles. The number of para-hydroxylation sites is 1. The molecule has 0 saturated carbocycles. The molecule has 15 heavy (non-hydrogen) atoms. The minimum absolute atomic E-state index is 0.00926. The van der Waals surface area contributed by atoms with Crippen LogP contribution in [-0.4, -0.2) is 10.1 Å². The Kier molecular flexibility index (Phi) is 3.01. The first-order chi connectivity index (χ1) is 7.02. The third-order valence-electron chi connectivity index (χ3n) is 1.61. The summed E-state index contributed by atoms with van der Waals surface area (Å²) in [4.78, 5) is 24.4. The number of anilines is 1. The van der Waals surface area contributed by atoms with Crippen LogP contribution in [0.2, 0.25) is 0 Å². The van der Waals surface area contributed by atoms with Crippen molar-refractivity contribution in [3.63, 3.8) is 0 Å². The summed E-state index contributed by atoms with van der Waals surface area (Å²) in [5, 5.41) is 18.3. The predicted molar refractivity (Wildman–Crippen MR) is 48.7 cm³/mol. The van der Waals surface area contributed by atoms with Crippen molar-refractivity contribution in [3.05, 3.63) is 50.1 Å². The maximum Gasteiger partial charge on any atom is 0.321 e. The van der Waals surface area contributed by atoms with Gasteiger partial charge >= 0.3 is 5.09 Å². The number of rotatable bonds is 4. The van der Waals surface area contributed by atoms with Crippen molar-refractivity contribution in [3.8, 4) is 0 Å². The second kappa shape index (κ2) is 4.22. The van der Waals surface area contributed by atoms with E-state index in [1.54, 1.807) is 19.1 Å². The molecule has 1 rings (SSSR count). The van der Waals surface area contributed by atoms with E-state index in [4.69, 9.17) is 0 Å². The Morgan fingerprint density at radius 3 is 2.33 bits per heavy atom. The summed E-state index contributed by atoms with van der Waals surface area (Å²) in [7, 11) is 0. The van der Waals surface area contributed by atoms with Gasteiger partial charge in [0.25, 0.3) is 0 Å². The number of nitro groups is 1. The molecule has 0 radical (unpaired) electrons. The molecule has 0 N–H and O–H groups in total. The van der Waals surface area contributed by atoms with Crippen molar-refractivity contribution < 1.29 is 15.1 Å². The average molecular weight is 213 g/mol. The van der Waals surface area contributed by atoms with Gasteiger partial charge in [-0.15, -0.1) is 15.1 Å². The molecule has 0 aliphatic rings. The van der Waals surface area contributed by atoms with Crippen molar-refractivity contribution in [1.29, 1.82) is 0 Å². The largest absolute Gasteiger partial charge is 0.321 e. The van der Waals surface area contributed by atoms with Crippen LogP contribution in [0.3, 0.4) is 0 Å². The van der Waals surface area contributed by atoms with E-state index in [0.29, 0.717) is 5.56 Å². The van der Waals surface area contributed by atoms with E-state index in [1.807, 2.05) is 0 Å². The molecule has 0 fully saturated rings. The minimum Gasteiger partial charge on any atom is -0.233 e. The van der Waals surface area contributed by atoms with Crippen molar-refractivity contribution in [1.82, 2.24) is 0 Å². The molecule has 0 bridgehead atoms. The summed E-state index contributed by atoms with van der Waals surface area (Å²) < 4.78 is 0. The van der Waals surface area contributed by atoms with Crippen LogP contribution in [0.15, 0.2) is 24.3 Å². The Morgan fingerprint density at radius 2 is 1.87 bits per heavy atom.